The Morgan fingerprint density at radius 3 is 2.41 bits per heavy atom. The van der Waals surface area contributed by atoms with Crippen LogP contribution in [0.5, 0.6) is 11.5 Å². The molecule has 0 heterocycles. The summed E-state index contributed by atoms with van der Waals surface area (Å²) in [6.45, 7) is 11.2. The van der Waals surface area contributed by atoms with Gasteiger partial charge in [-0.25, -0.2) is 0 Å². The van der Waals surface area contributed by atoms with Crippen LogP contribution < -0.4 is 15.4 Å². The third kappa shape index (κ3) is 8.86. The van der Waals surface area contributed by atoms with Crippen molar-refractivity contribution < 1.29 is 19.4 Å². The maximum atomic E-state index is 12.3. The molecule has 0 saturated heterocycles. The first-order chi connectivity index (χ1) is 16.0. The number of ether oxygens (including phenoxy) is 2. The van der Waals surface area contributed by atoms with Crippen molar-refractivity contribution in [1.29, 1.82) is 0 Å². The Hall–Kier alpha value is -2.80. The number of esters is 1. The van der Waals surface area contributed by atoms with Gasteiger partial charge in [0, 0.05) is 19.0 Å². The molecule has 0 aromatic heterocycles. The van der Waals surface area contributed by atoms with Gasteiger partial charge in [-0.1, -0.05) is 24.3 Å². The van der Waals surface area contributed by atoms with Crippen molar-refractivity contribution in [2.75, 3.05) is 20.3 Å². The highest BCUT2D eigenvalue weighted by Crippen LogP contribution is 2.26. The zero-order chi connectivity index (χ0) is 25.3. The largest absolute Gasteiger partial charge is 0.504 e. The molecular formula is C27H38N2O4S. The molecular weight excluding hydrogens is 448 g/mol. The van der Waals surface area contributed by atoms with Crippen LogP contribution in [0.15, 0.2) is 36.4 Å². The summed E-state index contributed by atoms with van der Waals surface area (Å²) in [6.07, 6.45) is 1.76. The molecule has 1 atom stereocenters. The number of benzene rings is 2. The van der Waals surface area contributed by atoms with Gasteiger partial charge in [0.2, 0.25) is 0 Å². The van der Waals surface area contributed by atoms with Crippen molar-refractivity contribution >= 4 is 23.3 Å². The first-order valence-electron chi connectivity index (χ1n) is 11.6. The van der Waals surface area contributed by atoms with Gasteiger partial charge in [-0.15, -0.1) is 0 Å². The average molecular weight is 487 g/mol. The lowest BCUT2D eigenvalue weighted by Crippen LogP contribution is -2.39. The summed E-state index contributed by atoms with van der Waals surface area (Å²) in [7, 11) is 1.52. The zero-order valence-corrected chi connectivity index (χ0v) is 22.0. The summed E-state index contributed by atoms with van der Waals surface area (Å²) in [4.78, 5) is 12.3. The van der Waals surface area contributed by atoms with Crippen LogP contribution in [0.2, 0.25) is 0 Å². The number of carbonyl (C=O) groups excluding carboxylic acids is 1. The molecule has 6 nitrogen and oxygen atoms in total. The van der Waals surface area contributed by atoms with E-state index < -0.39 is 5.41 Å². The van der Waals surface area contributed by atoms with Crippen molar-refractivity contribution in [3.63, 3.8) is 0 Å². The number of nitrogens with one attached hydrogen (secondary N) is 2. The molecule has 2 aromatic rings. The van der Waals surface area contributed by atoms with Crippen LogP contribution in [0.4, 0.5) is 0 Å². The van der Waals surface area contributed by atoms with Crippen molar-refractivity contribution in [2.24, 2.45) is 11.3 Å². The van der Waals surface area contributed by atoms with E-state index in [1.807, 2.05) is 26.8 Å². The van der Waals surface area contributed by atoms with Crippen molar-refractivity contribution in [2.45, 2.75) is 54.0 Å². The highest BCUT2D eigenvalue weighted by molar-refractivity contribution is 7.80. The standard InChI is InChI=1S/C27H38N2O4S/c1-18-7-8-20(13-19(18)2)9-10-22(17-33-25(31)27(3,4)5)16-29-26(34)28-15-21-11-12-23(30)24(14-21)32-6/h7-8,11-14,22,30H,9-10,15-17H2,1-6H3,(H2,28,29,34). The predicted octanol–water partition coefficient (Wildman–Crippen LogP) is 4.82. The second kappa shape index (κ2) is 12.6. The quantitative estimate of drug-likeness (QED) is 0.328. The number of rotatable bonds is 10. The molecule has 186 valence electrons. The van der Waals surface area contributed by atoms with E-state index in [0.29, 0.717) is 30.6 Å². The fraction of sp³-hybridized carbons (Fsp3) is 0.481. The minimum atomic E-state index is -0.534. The van der Waals surface area contributed by atoms with Gasteiger partial charge in [0.1, 0.15) is 0 Å². The highest BCUT2D eigenvalue weighted by atomic mass is 32.1. The predicted molar refractivity (Wildman–Crippen MR) is 140 cm³/mol. The Balaban J connectivity index is 1.92. The third-order valence-corrected chi connectivity index (χ3v) is 6.01. The van der Waals surface area contributed by atoms with E-state index in [-0.39, 0.29) is 17.6 Å². The molecule has 34 heavy (non-hydrogen) atoms. The van der Waals surface area contributed by atoms with Crippen LogP contribution in [0, 0.1) is 25.2 Å². The average Bonchev–Trinajstić information content (AvgIpc) is 2.79. The Bertz CT molecular complexity index is 985. The Morgan fingerprint density at radius 1 is 1.06 bits per heavy atom. The lowest BCUT2D eigenvalue weighted by atomic mass is 9.96. The number of hydrogen-bond donors (Lipinski definition) is 3. The first kappa shape index (κ1) is 27.4. The molecule has 2 aromatic carbocycles. The van der Waals surface area contributed by atoms with Gasteiger partial charge in [-0.3, -0.25) is 4.79 Å². The molecule has 3 N–H and O–H groups in total. The smallest absolute Gasteiger partial charge is 0.311 e. The first-order valence-corrected chi connectivity index (χ1v) is 12.0. The SMILES string of the molecule is COc1cc(CNC(=S)NCC(CCc2ccc(C)c(C)c2)COC(=O)C(C)(C)C)ccc1O. The number of phenols is 1. The lowest BCUT2D eigenvalue weighted by molar-refractivity contribution is -0.154. The second-order valence-electron chi connectivity index (χ2n) is 9.74. The molecule has 0 bridgehead atoms. The lowest BCUT2D eigenvalue weighted by Gasteiger charge is -2.22. The van der Waals surface area contributed by atoms with E-state index in [2.05, 4.69) is 42.7 Å². The Kier molecular flexibility index (Phi) is 10.2. The fourth-order valence-electron chi connectivity index (χ4n) is 3.30. The summed E-state index contributed by atoms with van der Waals surface area (Å²) in [5.41, 5.74) is 4.24. The second-order valence-corrected chi connectivity index (χ2v) is 10.1. The molecule has 0 aliphatic rings. The van der Waals surface area contributed by atoms with Crippen molar-refractivity contribution in [3.8, 4) is 11.5 Å². The molecule has 0 amide bonds. The van der Waals surface area contributed by atoms with Crippen molar-refractivity contribution in [3.05, 3.63) is 58.7 Å². The molecule has 0 saturated carbocycles. The van der Waals surface area contributed by atoms with Crippen LogP contribution in [0.3, 0.4) is 0 Å². The van der Waals surface area contributed by atoms with Gasteiger partial charge >= 0.3 is 5.97 Å². The molecule has 0 aliphatic heterocycles. The Labute approximate surface area is 209 Å². The van der Waals surface area contributed by atoms with E-state index in [4.69, 9.17) is 21.7 Å². The zero-order valence-electron chi connectivity index (χ0n) is 21.2. The van der Waals surface area contributed by atoms with Crippen LogP contribution in [-0.2, 0) is 22.5 Å². The number of phenolic OH excluding ortho intramolecular Hbond substituents is 1. The summed E-state index contributed by atoms with van der Waals surface area (Å²) in [6, 6.07) is 11.7. The van der Waals surface area contributed by atoms with E-state index in [1.165, 1.54) is 23.8 Å². The van der Waals surface area contributed by atoms with Gasteiger partial charge in [0.25, 0.3) is 0 Å². The van der Waals surface area contributed by atoms with E-state index in [1.54, 1.807) is 12.1 Å². The fourth-order valence-corrected chi connectivity index (χ4v) is 3.45. The number of aromatic hydroxyl groups is 1. The van der Waals surface area contributed by atoms with Crippen molar-refractivity contribution in [1.82, 2.24) is 10.6 Å². The van der Waals surface area contributed by atoms with Gasteiger partial charge in [0.05, 0.1) is 19.1 Å². The number of thiocarbonyl (C=S) groups is 1. The molecule has 2 rings (SSSR count). The monoisotopic (exact) mass is 486 g/mol. The summed E-state index contributed by atoms with van der Waals surface area (Å²) in [5.74, 6) is 0.431. The normalized spacial score (nSPS) is 12.1. The topological polar surface area (TPSA) is 79.8 Å². The summed E-state index contributed by atoms with van der Waals surface area (Å²) in [5, 5.41) is 16.7. The number of carbonyl (C=O) groups is 1. The highest BCUT2D eigenvalue weighted by Gasteiger charge is 2.24. The molecule has 0 spiro atoms. The minimum absolute atomic E-state index is 0.100. The number of methoxy groups -OCH3 is 1. The maximum absolute atomic E-state index is 12.3. The van der Waals surface area contributed by atoms with Gasteiger partial charge in [0.15, 0.2) is 16.6 Å². The summed E-state index contributed by atoms with van der Waals surface area (Å²) >= 11 is 5.45. The minimum Gasteiger partial charge on any atom is -0.504 e. The molecule has 0 fully saturated rings. The molecule has 1 unspecified atom stereocenters. The molecule has 0 radical (unpaired) electrons. The van der Waals surface area contributed by atoms with Crippen LogP contribution in [0.1, 0.15) is 49.4 Å². The molecule has 0 aliphatic carbocycles. The van der Waals surface area contributed by atoms with Gasteiger partial charge in [-0.2, -0.15) is 0 Å². The number of aryl methyl sites for hydroxylation is 3. The van der Waals surface area contributed by atoms with Crippen LogP contribution >= 0.6 is 12.2 Å². The van der Waals surface area contributed by atoms with E-state index >= 15 is 0 Å². The Morgan fingerprint density at radius 2 is 1.76 bits per heavy atom. The molecule has 7 heteroatoms. The summed E-state index contributed by atoms with van der Waals surface area (Å²) < 4.78 is 10.8. The van der Waals surface area contributed by atoms with Crippen LogP contribution in [0.25, 0.3) is 0 Å². The third-order valence-electron chi connectivity index (χ3n) is 5.72. The van der Waals surface area contributed by atoms with E-state index in [0.717, 1.165) is 18.4 Å². The maximum Gasteiger partial charge on any atom is 0.311 e. The van der Waals surface area contributed by atoms with E-state index in [9.17, 15) is 9.90 Å². The van der Waals surface area contributed by atoms with Gasteiger partial charge < -0.3 is 25.2 Å². The number of hydrogen-bond acceptors (Lipinski definition) is 5. The van der Waals surface area contributed by atoms with Gasteiger partial charge in [-0.05, 0) is 94.1 Å². The van der Waals surface area contributed by atoms with Crippen LogP contribution in [-0.4, -0.2) is 36.4 Å².